The largest absolute Gasteiger partial charge is 0.416 e. The number of rotatable bonds is 5. The molecule has 1 aliphatic heterocycles. The van der Waals surface area contributed by atoms with Crippen molar-refractivity contribution in [3.8, 4) is 0 Å². The molecule has 6 nitrogen and oxygen atoms in total. The van der Waals surface area contributed by atoms with Crippen molar-refractivity contribution in [1.82, 2.24) is 15.0 Å². The van der Waals surface area contributed by atoms with E-state index in [1.807, 2.05) is 0 Å². The molecule has 33 heavy (non-hydrogen) atoms. The summed E-state index contributed by atoms with van der Waals surface area (Å²) < 4.78 is 51.5. The van der Waals surface area contributed by atoms with Gasteiger partial charge in [-0.3, -0.25) is 14.8 Å². The zero-order valence-corrected chi connectivity index (χ0v) is 17.6. The number of nitrogens with one attached hydrogen (secondary N) is 1. The van der Waals surface area contributed by atoms with Crippen LogP contribution < -0.4 is 5.32 Å². The summed E-state index contributed by atoms with van der Waals surface area (Å²) in [6.45, 7) is 0.123. The van der Waals surface area contributed by atoms with Gasteiger partial charge in [0.05, 0.1) is 35.6 Å². The predicted molar refractivity (Wildman–Crippen MR) is 114 cm³/mol. The lowest BCUT2D eigenvalue weighted by atomic mass is 9.95. The number of amides is 1. The molecule has 0 radical (unpaired) electrons. The van der Waals surface area contributed by atoms with E-state index in [1.165, 1.54) is 35.5 Å². The average Bonchev–Trinajstić information content (AvgIpc) is 3.17. The standard InChI is InChI=1S/C22H16ClF4N5O/c23-19-10-28-9-18(30-19)17-11-32(31-21(17)13-1-5-15(24)6-2-13)12-20(33)29-16-7-3-14(4-8-16)22(25,26)27/h1-10,17H,11-12H2,(H,29,33). The fraction of sp³-hybridized carbons (Fsp3) is 0.182. The van der Waals surface area contributed by atoms with Crippen LogP contribution in [0.15, 0.2) is 66.0 Å². The summed E-state index contributed by atoms with van der Waals surface area (Å²) in [4.78, 5) is 20.8. The number of carbonyl (C=O) groups excluding carboxylic acids is 1. The van der Waals surface area contributed by atoms with E-state index in [2.05, 4.69) is 20.4 Å². The van der Waals surface area contributed by atoms with Crippen LogP contribution in [0.1, 0.15) is 22.7 Å². The molecule has 0 spiro atoms. The average molecular weight is 478 g/mol. The van der Waals surface area contributed by atoms with Gasteiger partial charge in [0.15, 0.2) is 0 Å². The van der Waals surface area contributed by atoms with Crippen LogP contribution in [0, 0.1) is 5.82 Å². The molecule has 1 amide bonds. The summed E-state index contributed by atoms with van der Waals surface area (Å²) in [5.74, 6) is -1.24. The Morgan fingerprint density at radius 1 is 1.09 bits per heavy atom. The van der Waals surface area contributed by atoms with Crippen LogP contribution in [-0.4, -0.2) is 39.7 Å². The van der Waals surface area contributed by atoms with Crippen LogP contribution >= 0.6 is 11.6 Å². The van der Waals surface area contributed by atoms with Gasteiger partial charge in [-0.15, -0.1) is 0 Å². The molecule has 1 N–H and O–H groups in total. The maximum absolute atomic E-state index is 13.4. The smallest absolute Gasteiger partial charge is 0.324 e. The van der Waals surface area contributed by atoms with Gasteiger partial charge in [0.25, 0.3) is 0 Å². The Morgan fingerprint density at radius 2 is 1.79 bits per heavy atom. The monoisotopic (exact) mass is 477 g/mol. The third-order valence-electron chi connectivity index (χ3n) is 4.92. The van der Waals surface area contributed by atoms with Crippen molar-refractivity contribution in [1.29, 1.82) is 0 Å². The molecule has 3 aromatic rings. The van der Waals surface area contributed by atoms with Crippen molar-refractivity contribution in [3.63, 3.8) is 0 Å². The maximum Gasteiger partial charge on any atom is 0.416 e. The molecule has 1 atom stereocenters. The van der Waals surface area contributed by atoms with Crippen molar-refractivity contribution in [2.45, 2.75) is 12.1 Å². The van der Waals surface area contributed by atoms with Crippen molar-refractivity contribution in [2.75, 3.05) is 18.4 Å². The second-order valence-electron chi connectivity index (χ2n) is 7.28. The summed E-state index contributed by atoms with van der Waals surface area (Å²) in [6.07, 6.45) is -1.52. The van der Waals surface area contributed by atoms with Gasteiger partial charge < -0.3 is 5.32 Å². The van der Waals surface area contributed by atoms with Crippen LogP contribution in [0.5, 0.6) is 0 Å². The molecule has 170 valence electrons. The molecule has 11 heteroatoms. The third kappa shape index (κ3) is 5.46. The second-order valence-corrected chi connectivity index (χ2v) is 7.67. The quantitative estimate of drug-likeness (QED) is 0.539. The van der Waals surface area contributed by atoms with Crippen LogP contribution in [0.2, 0.25) is 5.15 Å². The highest BCUT2D eigenvalue weighted by molar-refractivity contribution is 6.29. The minimum Gasteiger partial charge on any atom is -0.324 e. The first-order valence-corrected chi connectivity index (χ1v) is 10.1. The van der Waals surface area contributed by atoms with Crippen molar-refractivity contribution in [3.05, 3.63) is 88.7 Å². The number of anilines is 1. The van der Waals surface area contributed by atoms with E-state index in [4.69, 9.17) is 11.6 Å². The summed E-state index contributed by atoms with van der Waals surface area (Å²) in [7, 11) is 0. The fourth-order valence-electron chi connectivity index (χ4n) is 3.41. The Balaban J connectivity index is 1.51. The van der Waals surface area contributed by atoms with Gasteiger partial charge in [0, 0.05) is 11.9 Å². The number of nitrogens with zero attached hydrogens (tertiary/aromatic N) is 4. The number of carbonyl (C=O) groups is 1. The Labute approximate surface area is 190 Å². The van der Waals surface area contributed by atoms with Crippen LogP contribution in [0.25, 0.3) is 0 Å². The van der Waals surface area contributed by atoms with Gasteiger partial charge in [-0.2, -0.15) is 18.3 Å². The van der Waals surface area contributed by atoms with Crippen molar-refractivity contribution < 1.29 is 22.4 Å². The number of benzene rings is 2. The highest BCUT2D eigenvalue weighted by Gasteiger charge is 2.32. The lowest BCUT2D eigenvalue weighted by molar-refractivity contribution is -0.137. The van der Waals surface area contributed by atoms with Gasteiger partial charge in [0.2, 0.25) is 5.91 Å². The molecular weight excluding hydrogens is 462 g/mol. The molecule has 4 rings (SSSR count). The minimum absolute atomic E-state index is 0.157. The molecule has 2 aromatic carbocycles. The highest BCUT2D eigenvalue weighted by atomic mass is 35.5. The Bertz CT molecular complexity index is 1180. The number of halogens is 5. The van der Waals surface area contributed by atoms with Crippen LogP contribution in [-0.2, 0) is 11.0 Å². The zero-order valence-electron chi connectivity index (χ0n) is 16.9. The fourth-order valence-corrected chi connectivity index (χ4v) is 3.56. The number of aromatic nitrogens is 2. The molecular formula is C22H16ClF4N5O. The van der Waals surface area contributed by atoms with Gasteiger partial charge in [-0.1, -0.05) is 23.7 Å². The molecule has 2 heterocycles. The molecule has 1 aromatic heterocycles. The van der Waals surface area contributed by atoms with E-state index in [1.54, 1.807) is 18.3 Å². The number of alkyl halides is 3. The van der Waals surface area contributed by atoms with Gasteiger partial charge in [-0.05, 0) is 42.0 Å². The molecule has 0 saturated carbocycles. The lowest BCUT2D eigenvalue weighted by Crippen LogP contribution is -2.29. The first-order valence-electron chi connectivity index (χ1n) is 9.73. The molecule has 0 saturated heterocycles. The molecule has 1 unspecified atom stereocenters. The maximum atomic E-state index is 13.4. The third-order valence-corrected chi connectivity index (χ3v) is 5.10. The number of hydrazone groups is 1. The Morgan fingerprint density at radius 3 is 2.42 bits per heavy atom. The highest BCUT2D eigenvalue weighted by Crippen LogP contribution is 2.30. The van der Waals surface area contributed by atoms with Crippen molar-refractivity contribution >= 4 is 28.9 Å². The minimum atomic E-state index is -4.46. The van der Waals surface area contributed by atoms with E-state index in [0.717, 1.165) is 12.1 Å². The van der Waals surface area contributed by atoms with E-state index in [-0.39, 0.29) is 29.8 Å². The van der Waals surface area contributed by atoms with E-state index < -0.39 is 23.5 Å². The van der Waals surface area contributed by atoms with E-state index >= 15 is 0 Å². The van der Waals surface area contributed by atoms with Crippen molar-refractivity contribution in [2.24, 2.45) is 5.10 Å². The van der Waals surface area contributed by atoms with E-state index in [0.29, 0.717) is 17.0 Å². The Kier molecular flexibility index (Phi) is 6.28. The molecule has 0 aliphatic carbocycles. The first kappa shape index (κ1) is 22.7. The van der Waals surface area contributed by atoms with Gasteiger partial charge in [-0.25, -0.2) is 9.37 Å². The topological polar surface area (TPSA) is 70.5 Å². The summed E-state index contributed by atoms with van der Waals surface area (Å²) in [5, 5.41) is 8.77. The summed E-state index contributed by atoms with van der Waals surface area (Å²) in [5.41, 5.74) is 1.17. The van der Waals surface area contributed by atoms with E-state index in [9.17, 15) is 22.4 Å². The lowest BCUT2D eigenvalue weighted by Gasteiger charge is -2.16. The Hall–Kier alpha value is -3.53. The number of hydrogen-bond donors (Lipinski definition) is 1. The summed E-state index contributed by atoms with van der Waals surface area (Å²) in [6, 6.07) is 9.91. The zero-order chi connectivity index (χ0) is 23.6. The normalized spacial score (nSPS) is 16.0. The predicted octanol–water partition coefficient (Wildman–Crippen LogP) is 4.73. The van der Waals surface area contributed by atoms with Gasteiger partial charge >= 0.3 is 6.18 Å². The number of hydrogen-bond acceptors (Lipinski definition) is 5. The summed E-state index contributed by atoms with van der Waals surface area (Å²) >= 11 is 5.98. The SMILES string of the molecule is O=C(CN1CC(c2cncc(Cl)n2)C(c2ccc(F)cc2)=N1)Nc1ccc(C(F)(F)F)cc1. The van der Waals surface area contributed by atoms with Crippen LogP contribution in [0.3, 0.4) is 0 Å². The first-order chi connectivity index (χ1) is 15.7. The van der Waals surface area contributed by atoms with Crippen LogP contribution in [0.4, 0.5) is 23.2 Å². The van der Waals surface area contributed by atoms with Gasteiger partial charge in [0.1, 0.15) is 17.5 Å². The molecule has 0 bridgehead atoms. The second kappa shape index (κ2) is 9.14. The molecule has 1 aliphatic rings. The molecule has 0 fully saturated rings.